The van der Waals surface area contributed by atoms with E-state index in [1.165, 1.54) is 0 Å². The molecule has 0 spiro atoms. The van der Waals surface area contributed by atoms with Crippen molar-refractivity contribution in [2.45, 2.75) is 32.3 Å². The Labute approximate surface area is 120 Å². The standard InChI is InChI=1S/C14H22N4O2/c1-12-4-9-17(10-13(12)19)11-14(20)18(7-2-5-15)8-3-6-16/h12-13,19H,2-4,7-11H2,1H3. The van der Waals surface area contributed by atoms with Crippen molar-refractivity contribution in [2.75, 3.05) is 32.7 Å². The molecule has 20 heavy (non-hydrogen) atoms. The van der Waals surface area contributed by atoms with E-state index in [-0.39, 0.29) is 37.3 Å². The molecule has 1 aliphatic rings. The molecule has 1 aliphatic heterocycles. The lowest BCUT2D eigenvalue weighted by Crippen LogP contribution is -2.48. The Morgan fingerprint density at radius 3 is 2.45 bits per heavy atom. The zero-order chi connectivity index (χ0) is 15.0. The molecule has 0 radical (unpaired) electrons. The smallest absolute Gasteiger partial charge is 0.236 e. The first-order valence-electron chi connectivity index (χ1n) is 7.00. The first-order chi connectivity index (χ1) is 9.58. The van der Waals surface area contributed by atoms with Crippen molar-refractivity contribution in [3.63, 3.8) is 0 Å². The zero-order valence-corrected chi connectivity index (χ0v) is 12.0. The highest BCUT2D eigenvalue weighted by atomic mass is 16.3. The Bertz CT molecular complexity index is 381. The van der Waals surface area contributed by atoms with Crippen LogP contribution < -0.4 is 0 Å². The zero-order valence-electron chi connectivity index (χ0n) is 12.0. The average molecular weight is 278 g/mol. The van der Waals surface area contributed by atoms with Gasteiger partial charge in [0.25, 0.3) is 0 Å². The molecule has 6 heteroatoms. The highest BCUT2D eigenvalue weighted by Gasteiger charge is 2.26. The van der Waals surface area contributed by atoms with Crippen LogP contribution in [-0.4, -0.2) is 59.6 Å². The fraction of sp³-hybridized carbons (Fsp3) is 0.786. The van der Waals surface area contributed by atoms with E-state index in [4.69, 9.17) is 10.5 Å². The topological polar surface area (TPSA) is 91.4 Å². The van der Waals surface area contributed by atoms with E-state index in [0.717, 1.165) is 13.0 Å². The fourth-order valence-electron chi connectivity index (χ4n) is 2.28. The molecule has 2 unspecified atom stereocenters. The number of aliphatic hydroxyl groups excluding tert-OH is 1. The second-order valence-electron chi connectivity index (χ2n) is 5.27. The summed E-state index contributed by atoms with van der Waals surface area (Å²) >= 11 is 0. The summed E-state index contributed by atoms with van der Waals surface area (Å²) < 4.78 is 0. The van der Waals surface area contributed by atoms with Crippen molar-refractivity contribution >= 4 is 5.91 Å². The fourth-order valence-corrected chi connectivity index (χ4v) is 2.28. The van der Waals surface area contributed by atoms with E-state index in [0.29, 0.717) is 19.6 Å². The van der Waals surface area contributed by atoms with Gasteiger partial charge >= 0.3 is 0 Å². The summed E-state index contributed by atoms with van der Waals surface area (Å²) in [5, 5.41) is 27.1. The number of hydrogen-bond donors (Lipinski definition) is 1. The highest BCUT2D eigenvalue weighted by molar-refractivity contribution is 5.78. The van der Waals surface area contributed by atoms with Gasteiger partial charge in [0, 0.05) is 19.6 Å². The molecule has 1 rings (SSSR count). The maximum absolute atomic E-state index is 12.2. The Kier molecular flexibility index (Phi) is 7.00. The minimum Gasteiger partial charge on any atom is -0.392 e. The number of carbonyl (C=O) groups is 1. The lowest BCUT2D eigenvalue weighted by atomic mass is 9.96. The Balaban J connectivity index is 2.48. The highest BCUT2D eigenvalue weighted by Crippen LogP contribution is 2.16. The molecule has 0 aliphatic carbocycles. The molecule has 0 aromatic heterocycles. The molecule has 0 bridgehead atoms. The van der Waals surface area contributed by atoms with Crippen LogP contribution in [0.5, 0.6) is 0 Å². The lowest BCUT2D eigenvalue weighted by Gasteiger charge is -2.34. The summed E-state index contributed by atoms with van der Waals surface area (Å²) in [6.07, 6.45) is 1.04. The van der Waals surface area contributed by atoms with Gasteiger partial charge in [-0.25, -0.2) is 0 Å². The van der Waals surface area contributed by atoms with Crippen molar-refractivity contribution in [3.05, 3.63) is 0 Å². The van der Waals surface area contributed by atoms with Gasteiger partial charge in [0.15, 0.2) is 0 Å². The minimum absolute atomic E-state index is 0.0720. The molecule has 0 aromatic rings. The number of aliphatic hydroxyl groups is 1. The summed E-state index contributed by atoms with van der Waals surface area (Å²) in [5.41, 5.74) is 0. The van der Waals surface area contributed by atoms with Crippen LogP contribution in [0.1, 0.15) is 26.2 Å². The Hall–Kier alpha value is -1.63. The van der Waals surface area contributed by atoms with Crippen LogP contribution in [0.4, 0.5) is 0 Å². The largest absolute Gasteiger partial charge is 0.392 e. The number of rotatable bonds is 6. The van der Waals surface area contributed by atoms with Gasteiger partial charge in [0.2, 0.25) is 5.91 Å². The molecule has 0 saturated carbocycles. The molecule has 110 valence electrons. The van der Waals surface area contributed by atoms with E-state index in [1.807, 2.05) is 24.0 Å². The summed E-state index contributed by atoms with van der Waals surface area (Å²) in [7, 11) is 0. The second kappa shape index (κ2) is 8.52. The van der Waals surface area contributed by atoms with Crippen LogP contribution in [0.3, 0.4) is 0 Å². The van der Waals surface area contributed by atoms with Crippen LogP contribution >= 0.6 is 0 Å². The van der Waals surface area contributed by atoms with E-state index in [1.54, 1.807) is 4.90 Å². The molecule has 6 nitrogen and oxygen atoms in total. The first-order valence-corrected chi connectivity index (χ1v) is 7.00. The van der Waals surface area contributed by atoms with Crippen molar-refractivity contribution in [2.24, 2.45) is 5.92 Å². The van der Waals surface area contributed by atoms with Gasteiger partial charge in [-0.15, -0.1) is 0 Å². The van der Waals surface area contributed by atoms with E-state index >= 15 is 0 Å². The normalized spacial score (nSPS) is 22.8. The third-order valence-corrected chi connectivity index (χ3v) is 3.70. The molecule has 2 atom stereocenters. The molecule has 1 saturated heterocycles. The summed E-state index contributed by atoms with van der Waals surface area (Å²) in [5.74, 6) is 0.201. The van der Waals surface area contributed by atoms with E-state index in [9.17, 15) is 9.90 Å². The molecule has 1 N–H and O–H groups in total. The lowest BCUT2D eigenvalue weighted by molar-refractivity contribution is -0.133. The Morgan fingerprint density at radius 1 is 1.35 bits per heavy atom. The van der Waals surface area contributed by atoms with Gasteiger partial charge < -0.3 is 10.0 Å². The molecule has 1 amide bonds. The number of β-amino-alcohol motifs (C(OH)–C–C–N with tert-alkyl or cyclic N) is 1. The predicted molar refractivity (Wildman–Crippen MR) is 73.3 cm³/mol. The van der Waals surface area contributed by atoms with Crippen molar-refractivity contribution in [1.29, 1.82) is 10.5 Å². The maximum atomic E-state index is 12.2. The number of likely N-dealkylation sites (tertiary alicyclic amines) is 1. The van der Waals surface area contributed by atoms with Gasteiger partial charge in [-0.05, 0) is 18.9 Å². The number of piperidine rings is 1. The maximum Gasteiger partial charge on any atom is 0.236 e. The number of carbonyl (C=O) groups excluding carboxylic acids is 1. The monoisotopic (exact) mass is 278 g/mol. The quantitative estimate of drug-likeness (QED) is 0.756. The number of nitriles is 2. The summed E-state index contributed by atoms with van der Waals surface area (Å²) in [6.45, 7) is 4.30. The van der Waals surface area contributed by atoms with Gasteiger partial charge in [-0.2, -0.15) is 10.5 Å². The second-order valence-corrected chi connectivity index (χ2v) is 5.27. The number of nitrogens with zero attached hydrogens (tertiary/aromatic N) is 4. The number of amides is 1. The van der Waals surface area contributed by atoms with Crippen LogP contribution in [0.15, 0.2) is 0 Å². The summed E-state index contributed by atoms with van der Waals surface area (Å²) in [6, 6.07) is 4.03. The average Bonchev–Trinajstić information content (AvgIpc) is 2.43. The van der Waals surface area contributed by atoms with Crippen molar-refractivity contribution in [3.8, 4) is 12.1 Å². The van der Waals surface area contributed by atoms with Crippen LogP contribution in [0, 0.1) is 28.6 Å². The molecule has 1 fully saturated rings. The van der Waals surface area contributed by atoms with Crippen LogP contribution in [-0.2, 0) is 4.79 Å². The Morgan fingerprint density at radius 2 is 1.95 bits per heavy atom. The van der Waals surface area contributed by atoms with E-state index < -0.39 is 0 Å². The molecular weight excluding hydrogens is 256 g/mol. The third-order valence-electron chi connectivity index (χ3n) is 3.70. The SMILES string of the molecule is CC1CCN(CC(=O)N(CCC#N)CCC#N)CC1O. The van der Waals surface area contributed by atoms with Crippen LogP contribution in [0.2, 0.25) is 0 Å². The molecular formula is C14H22N4O2. The van der Waals surface area contributed by atoms with Gasteiger partial charge in [0.1, 0.15) is 0 Å². The van der Waals surface area contributed by atoms with Gasteiger partial charge in [-0.1, -0.05) is 6.92 Å². The van der Waals surface area contributed by atoms with E-state index in [2.05, 4.69) is 0 Å². The van der Waals surface area contributed by atoms with Crippen LogP contribution in [0.25, 0.3) is 0 Å². The van der Waals surface area contributed by atoms with Gasteiger partial charge in [0.05, 0.1) is 37.6 Å². The van der Waals surface area contributed by atoms with Crippen molar-refractivity contribution < 1.29 is 9.90 Å². The summed E-state index contributed by atoms with van der Waals surface area (Å²) in [4.78, 5) is 15.7. The third kappa shape index (κ3) is 5.16. The number of hydrogen-bond acceptors (Lipinski definition) is 5. The first kappa shape index (κ1) is 16.4. The molecule has 1 heterocycles. The van der Waals surface area contributed by atoms with Gasteiger partial charge in [-0.3, -0.25) is 9.69 Å². The van der Waals surface area contributed by atoms with Crippen molar-refractivity contribution in [1.82, 2.24) is 9.80 Å². The molecule has 0 aromatic carbocycles. The predicted octanol–water partition coefficient (Wildman–Crippen LogP) is 0.345. The minimum atomic E-state index is -0.386.